The first kappa shape index (κ1) is 9.13. The third kappa shape index (κ3) is 1.80. The van der Waals surface area contributed by atoms with Crippen LogP contribution in [0.15, 0.2) is 12.3 Å². The Morgan fingerprint density at radius 3 is 2.67 bits per heavy atom. The molecular weight excluding hydrogens is 174 g/mol. The first-order valence-corrected chi connectivity index (χ1v) is 4.03. The number of halogens is 1. The van der Waals surface area contributed by atoms with E-state index in [0.29, 0.717) is 5.02 Å². The average Bonchev–Trinajstić information content (AvgIpc) is 2.05. The second kappa shape index (κ2) is 3.63. The Balaban J connectivity index is 3.05. The monoisotopic (exact) mass is 185 g/mol. The zero-order valence-corrected chi connectivity index (χ0v) is 8.18. The van der Waals surface area contributed by atoms with E-state index in [1.165, 1.54) is 0 Å². The van der Waals surface area contributed by atoms with Gasteiger partial charge in [-0.3, -0.25) is 0 Å². The van der Waals surface area contributed by atoms with Gasteiger partial charge in [0, 0.05) is 33.4 Å². The molecule has 0 fully saturated rings. The molecule has 66 valence electrons. The largest absolute Gasteiger partial charge is 0.387 e. The van der Waals surface area contributed by atoms with E-state index in [0.717, 1.165) is 11.5 Å². The van der Waals surface area contributed by atoms with Gasteiger partial charge in [-0.15, -0.1) is 0 Å². The van der Waals surface area contributed by atoms with Gasteiger partial charge in [0.15, 0.2) is 0 Å². The summed E-state index contributed by atoms with van der Waals surface area (Å²) in [5.74, 6) is 0.892. The van der Waals surface area contributed by atoms with Gasteiger partial charge >= 0.3 is 0 Å². The van der Waals surface area contributed by atoms with Crippen molar-refractivity contribution in [2.45, 2.75) is 0 Å². The SMILES string of the molecule is CNc1cc(N(C)C)ncc1Cl. The van der Waals surface area contributed by atoms with Gasteiger partial charge in [0.1, 0.15) is 5.82 Å². The maximum Gasteiger partial charge on any atom is 0.130 e. The van der Waals surface area contributed by atoms with E-state index in [9.17, 15) is 0 Å². The van der Waals surface area contributed by atoms with Crippen LogP contribution in [0.1, 0.15) is 0 Å². The number of anilines is 2. The van der Waals surface area contributed by atoms with E-state index in [-0.39, 0.29) is 0 Å². The summed E-state index contributed by atoms with van der Waals surface area (Å²) in [6, 6.07) is 1.91. The lowest BCUT2D eigenvalue weighted by atomic mass is 10.4. The number of rotatable bonds is 2. The van der Waals surface area contributed by atoms with E-state index in [1.807, 2.05) is 32.1 Å². The fourth-order valence-corrected chi connectivity index (χ4v) is 1.06. The third-order valence-electron chi connectivity index (χ3n) is 1.57. The van der Waals surface area contributed by atoms with E-state index < -0.39 is 0 Å². The first-order chi connectivity index (χ1) is 5.65. The molecule has 0 saturated heterocycles. The van der Waals surface area contributed by atoms with Crippen molar-refractivity contribution in [1.82, 2.24) is 4.98 Å². The molecule has 4 heteroatoms. The second-order valence-corrected chi connectivity index (χ2v) is 3.07. The van der Waals surface area contributed by atoms with Crippen molar-refractivity contribution < 1.29 is 0 Å². The molecule has 0 atom stereocenters. The molecule has 3 nitrogen and oxygen atoms in total. The average molecular weight is 186 g/mol. The molecule has 0 radical (unpaired) electrons. The molecule has 1 aromatic heterocycles. The predicted molar refractivity (Wildman–Crippen MR) is 53.1 cm³/mol. The van der Waals surface area contributed by atoms with Gasteiger partial charge in [0.2, 0.25) is 0 Å². The van der Waals surface area contributed by atoms with Crippen LogP contribution in [0.5, 0.6) is 0 Å². The summed E-state index contributed by atoms with van der Waals surface area (Å²) in [7, 11) is 5.71. The minimum atomic E-state index is 0.642. The van der Waals surface area contributed by atoms with Crippen LogP contribution in [0.2, 0.25) is 5.02 Å². The molecule has 1 heterocycles. The molecule has 0 bridgehead atoms. The number of nitrogens with zero attached hydrogens (tertiary/aromatic N) is 2. The quantitative estimate of drug-likeness (QED) is 0.762. The van der Waals surface area contributed by atoms with Crippen LogP contribution < -0.4 is 10.2 Å². The number of hydrogen-bond acceptors (Lipinski definition) is 3. The van der Waals surface area contributed by atoms with Crippen molar-refractivity contribution in [1.29, 1.82) is 0 Å². The van der Waals surface area contributed by atoms with Gasteiger partial charge < -0.3 is 10.2 Å². The normalized spacial score (nSPS) is 9.67. The van der Waals surface area contributed by atoms with Crippen molar-refractivity contribution >= 4 is 23.1 Å². The molecule has 0 aliphatic carbocycles. The van der Waals surface area contributed by atoms with Crippen LogP contribution in [0.3, 0.4) is 0 Å². The minimum absolute atomic E-state index is 0.642. The van der Waals surface area contributed by atoms with Crippen LogP contribution in [0.25, 0.3) is 0 Å². The molecule has 0 aliphatic heterocycles. The lowest BCUT2D eigenvalue weighted by Gasteiger charge is -2.12. The van der Waals surface area contributed by atoms with Gasteiger partial charge in [0.25, 0.3) is 0 Å². The van der Waals surface area contributed by atoms with Crippen molar-refractivity contribution in [3.05, 3.63) is 17.3 Å². The lowest BCUT2D eigenvalue weighted by Crippen LogP contribution is -2.10. The molecule has 0 amide bonds. The highest BCUT2D eigenvalue weighted by Gasteiger charge is 2.01. The lowest BCUT2D eigenvalue weighted by molar-refractivity contribution is 1.07. The van der Waals surface area contributed by atoms with E-state index in [2.05, 4.69) is 10.3 Å². The zero-order valence-electron chi connectivity index (χ0n) is 7.43. The van der Waals surface area contributed by atoms with Crippen molar-refractivity contribution in [2.24, 2.45) is 0 Å². The highest BCUT2D eigenvalue weighted by molar-refractivity contribution is 6.33. The summed E-state index contributed by atoms with van der Waals surface area (Å²) in [5, 5.41) is 3.63. The minimum Gasteiger partial charge on any atom is -0.387 e. The Bertz CT molecular complexity index is 273. The second-order valence-electron chi connectivity index (χ2n) is 2.67. The molecule has 0 saturated carbocycles. The topological polar surface area (TPSA) is 28.2 Å². The molecule has 0 aromatic carbocycles. The first-order valence-electron chi connectivity index (χ1n) is 3.65. The number of aromatic nitrogens is 1. The molecule has 1 N–H and O–H groups in total. The van der Waals surface area contributed by atoms with Gasteiger partial charge in [-0.05, 0) is 0 Å². The smallest absolute Gasteiger partial charge is 0.130 e. The van der Waals surface area contributed by atoms with E-state index in [1.54, 1.807) is 6.20 Å². The number of nitrogens with one attached hydrogen (secondary N) is 1. The van der Waals surface area contributed by atoms with Crippen LogP contribution in [-0.2, 0) is 0 Å². The molecule has 0 aliphatic rings. The van der Waals surface area contributed by atoms with Gasteiger partial charge in [-0.2, -0.15) is 0 Å². The highest BCUT2D eigenvalue weighted by Crippen LogP contribution is 2.23. The van der Waals surface area contributed by atoms with E-state index >= 15 is 0 Å². The van der Waals surface area contributed by atoms with Crippen LogP contribution in [-0.4, -0.2) is 26.1 Å². The summed E-state index contributed by atoms with van der Waals surface area (Å²) in [6.45, 7) is 0. The van der Waals surface area contributed by atoms with Crippen molar-refractivity contribution in [3.8, 4) is 0 Å². The summed E-state index contributed by atoms with van der Waals surface area (Å²) in [5.41, 5.74) is 0.898. The standard InChI is InChI=1S/C8H12ClN3/c1-10-7-4-8(12(2)3)11-5-6(7)9/h4-5H,1-3H3,(H,10,11). The van der Waals surface area contributed by atoms with Crippen LogP contribution in [0, 0.1) is 0 Å². The van der Waals surface area contributed by atoms with Crippen molar-refractivity contribution in [2.75, 3.05) is 31.4 Å². The third-order valence-corrected chi connectivity index (χ3v) is 1.87. The number of hydrogen-bond donors (Lipinski definition) is 1. The molecule has 12 heavy (non-hydrogen) atoms. The van der Waals surface area contributed by atoms with Gasteiger partial charge in [-0.25, -0.2) is 4.98 Å². The molecule has 0 unspecified atom stereocenters. The Labute approximate surface area is 77.4 Å². The van der Waals surface area contributed by atoms with Crippen LogP contribution in [0.4, 0.5) is 11.5 Å². The molecule has 1 aromatic rings. The fourth-order valence-electron chi connectivity index (χ4n) is 0.864. The molecule has 0 spiro atoms. The summed E-state index contributed by atoms with van der Waals surface area (Å²) in [6.07, 6.45) is 1.64. The fraction of sp³-hybridized carbons (Fsp3) is 0.375. The summed E-state index contributed by atoms with van der Waals surface area (Å²) < 4.78 is 0. The van der Waals surface area contributed by atoms with Gasteiger partial charge in [-0.1, -0.05) is 11.6 Å². The Kier molecular flexibility index (Phi) is 2.76. The highest BCUT2D eigenvalue weighted by atomic mass is 35.5. The van der Waals surface area contributed by atoms with Crippen molar-refractivity contribution in [3.63, 3.8) is 0 Å². The summed E-state index contributed by atoms with van der Waals surface area (Å²) >= 11 is 5.86. The zero-order chi connectivity index (χ0) is 9.14. The van der Waals surface area contributed by atoms with Gasteiger partial charge in [0.05, 0.1) is 10.7 Å². The Morgan fingerprint density at radius 1 is 1.50 bits per heavy atom. The van der Waals surface area contributed by atoms with E-state index in [4.69, 9.17) is 11.6 Å². The maximum atomic E-state index is 5.86. The predicted octanol–water partition coefficient (Wildman–Crippen LogP) is 1.84. The molecular formula is C8H12ClN3. The summed E-state index contributed by atoms with van der Waals surface area (Å²) in [4.78, 5) is 6.07. The number of pyridine rings is 1. The van der Waals surface area contributed by atoms with Crippen LogP contribution >= 0.6 is 11.6 Å². The maximum absolute atomic E-state index is 5.86. The molecule has 1 rings (SSSR count). The Morgan fingerprint density at radius 2 is 2.17 bits per heavy atom. The Hall–Kier alpha value is -0.960.